The van der Waals surface area contributed by atoms with Gasteiger partial charge in [0.25, 0.3) is 5.88 Å². The summed E-state index contributed by atoms with van der Waals surface area (Å²) < 4.78 is 6.81. The van der Waals surface area contributed by atoms with E-state index in [1.807, 2.05) is 30.5 Å². The maximum absolute atomic E-state index is 5.79. The molecule has 0 bridgehead atoms. The summed E-state index contributed by atoms with van der Waals surface area (Å²) in [5.41, 5.74) is 8.45. The number of nitrogen functional groups attached to an aromatic ring is 1. The van der Waals surface area contributed by atoms with E-state index in [1.54, 1.807) is 30.4 Å². The maximum Gasteiger partial charge on any atom is 0.259 e. The Labute approximate surface area is 115 Å². The summed E-state index contributed by atoms with van der Waals surface area (Å²) in [7, 11) is 1.55. The number of anilines is 1. The van der Waals surface area contributed by atoms with Gasteiger partial charge in [-0.3, -0.25) is 0 Å². The number of methoxy groups -OCH3 is 1. The fraction of sp³-hybridized carbons (Fsp3) is 0.0714. The molecule has 0 fully saturated rings. The van der Waals surface area contributed by atoms with Gasteiger partial charge >= 0.3 is 0 Å². The lowest BCUT2D eigenvalue weighted by Gasteiger charge is -2.04. The second-order valence-electron chi connectivity index (χ2n) is 4.19. The SMILES string of the molecule is COc1nccnc1-n1cc(-c2cccc(N)c2)cn1. The molecule has 0 aliphatic rings. The fourth-order valence-electron chi connectivity index (χ4n) is 1.93. The molecule has 2 heterocycles. The molecule has 0 unspecified atom stereocenters. The number of nitrogens with two attached hydrogens (primary N) is 1. The van der Waals surface area contributed by atoms with E-state index in [-0.39, 0.29) is 0 Å². The molecule has 20 heavy (non-hydrogen) atoms. The first-order chi connectivity index (χ1) is 9.78. The Kier molecular flexibility index (Phi) is 3.04. The third-order valence-electron chi connectivity index (χ3n) is 2.86. The zero-order valence-corrected chi connectivity index (χ0v) is 10.9. The van der Waals surface area contributed by atoms with E-state index in [2.05, 4.69) is 15.1 Å². The van der Waals surface area contributed by atoms with Crippen molar-refractivity contribution in [2.24, 2.45) is 0 Å². The van der Waals surface area contributed by atoms with Gasteiger partial charge in [-0.05, 0) is 17.7 Å². The third kappa shape index (κ3) is 2.18. The Bertz CT molecular complexity index is 738. The smallest absolute Gasteiger partial charge is 0.259 e. The molecular formula is C14H13N5O. The minimum atomic E-state index is 0.426. The molecule has 0 saturated heterocycles. The second kappa shape index (κ2) is 5.00. The van der Waals surface area contributed by atoms with Crippen LogP contribution in [0.25, 0.3) is 16.9 Å². The van der Waals surface area contributed by atoms with Gasteiger partial charge in [0.2, 0.25) is 5.82 Å². The summed E-state index contributed by atoms with van der Waals surface area (Å²) in [6, 6.07) is 7.63. The number of rotatable bonds is 3. The molecule has 0 atom stereocenters. The lowest BCUT2D eigenvalue weighted by atomic mass is 10.1. The van der Waals surface area contributed by atoms with Gasteiger partial charge in [-0.2, -0.15) is 5.10 Å². The first-order valence-electron chi connectivity index (χ1n) is 6.04. The number of nitrogens with zero attached hydrogens (tertiary/aromatic N) is 4. The van der Waals surface area contributed by atoms with Crippen LogP contribution in [0.15, 0.2) is 49.1 Å². The molecule has 0 radical (unpaired) electrons. The van der Waals surface area contributed by atoms with Crippen LogP contribution in [0.4, 0.5) is 5.69 Å². The lowest BCUT2D eigenvalue weighted by molar-refractivity contribution is 0.392. The molecule has 0 saturated carbocycles. The molecule has 0 aliphatic heterocycles. The summed E-state index contributed by atoms with van der Waals surface area (Å²) in [6.07, 6.45) is 6.79. The quantitative estimate of drug-likeness (QED) is 0.733. The highest BCUT2D eigenvalue weighted by Gasteiger charge is 2.10. The first kappa shape index (κ1) is 12.2. The van der Waals surface area contributed by atoms with Gasteiger partial charge in [-0.15, -0.1) is 0 Å². The molecule has 3 aromatic rings. The Morgan fingerprint density at radius 1 is 1.15 bits per heavy atom. The number of aromatic nitrogens is 4. The fourth-order valence-corrected chi connectivity index (χ4v) is 1.93. The van der Waals surface area contributed by atoms with Gasteiger partial charge in [-0.1, -0.05) is 12.1 Å². The maximum atomic E-state index is 5.79. The Balaban J connectivity index is 2.02. The summed E-state index contributed by atoms with van der Waals surface area (Å²) in [6.45, 7) is 0. The molecule has 100 valence electrons. The summed E-state index contributed by atoms with van der Waals surface area (Å²) >= 11 is 0. The molecular weight excluding hydrogens is 254 g/mol. The molecule has 2 aromatic heterocycles. The van der Waals surface area contributed by atoms with Crippen molar-refractivity contribution in [3.63, 3.8) is 0 Å². The highest BCUT2D eigenvalue weighted by molar-refractivity contribution is 5.66. The molecule has 3 rings (SSSR count). The number of benzene rings is 1. The van der Waals surface area contributed by atoms with Gasteiger partial charge in [0.15, 0.2) is 0 Å². The van der Waals surface area contributed by atoms with Crippen molar-refractivity contribution in [1.29, 1.82) is 0 Å². The van der Waals surface area contributed by atoms with Crippen molar-refractivity contribution in [2.75, 3.05) is 12.8 Å². The average molecular weight is 267 g/mol. The molecule has 2 N–H and O–H groups in total. The van der Waals surface area contributed by atoms with Gasteiger partial charge in [0.1, 0.15) is 0 Å². The standard InChI is InChI=1S/C14H13N5O/c1-20-14-13(16-5-6-17-14)19-9-11(8-18-19)10-3-2-4-12(15)7-10/h2-9H,15H2,1H3. The monoisotopic (exact) mass is 267 g/mol. The molecule has 6 heteroatoms. The summed E-state index contributed by atoms with van der Waals surface area (Å²) in [4.78, 5) is 8.34. The van der Waals surface area contributed by atoms with E-state index in [0.29, 0.717) is 17.4 Å². The topological polar surface area (TPSA) is 78.9 Å². The number of ether oxygens (including phenoxy) is 1. The minimum Gasteiger partial charge on any atom is -0.478 e. The Morgan fingerprint density at radius 3 is 2.80 bits per heavy atom. The largest absolute Gasteiger partial charge is 0.478 e. The summed E-state index contributed by atoms with van der Waals surface area (Å²) in [5, 5.41) is 4.29. The van der Waals surface area contributed by atoms with Crippen molar-refractivity contribution in [3.05, 3.63) is 49.1 Å². The van der Waals surface area contributed by atoms with Gasteiger partial charge in [0, 0.05) is 29.8 Å². The van der Waals surface area contributed by atoms with Crippen LogP contribution in [0.1, 0.15) is 0 Å². The van der Waals surface area contributed by atoms with E-state index < -0.39 is 0 Å². The number of hydrogen-bond donors (Lipinski definition) is 1. The first-order valence-corrected chi connectivity index (χ1v) is 6.04. The highest BCUT2D eigenvalue weighted by atomic mass is 16.5. The molecule has 6 nitrogen and oxygen atoms in total. The van der Waals surface area contributed by atoms with Crippen molar-refractivity contribution < 1.29 is 4.74 Å². The molecule has 1 aromatic carbocycles. The molecule has 0 amide bonds. The van der Waals surface area contributed by atoms with Crippen LogP contribution in [-0.4, -0.2) is 26.9 Å². The van der Waals surface area contributed by atoms with E-state index in [4.69, 9.17) is 10.5 Å². The van der Waals surface area contributed by atoms with Crippen molar-refractivity contribution in [2.45, 2.75) is 0 Å². The van der Waals surface area contributed by atoms with Crippen molar-refractivity contribution in [3.8, 4) is 22.8 Å². The van der Waals surface area contributed by atoms with Crippen LogP contribution in [0.3, 0.4) is 0 Å². The van der Waals surface area contributed by atoms with Crippen molar-refractivity contribution in [1.82, 2.24) is 19.7 Å². The van der Waals surface area contributed by atoms with Crippen LogP contribution in [0.5, 0.6) is 5.88 Å². The van der Waals surface area contributed by atoms with E-state index >= 15 is 0 Å². The Hall–Kier alpha value is -2.89. The third-order valence-corrected chi connectivity index (χ3v) is 2.86. The zero-order chi connectivity index (χ0) is 13.9. The zero-order valence-electron chi connectivity index (χ0n) is 10.9. The average Bonchev–Trinajstić information content (AvgIpc) is 2.97. The molecule has 0 aliphatic carbocycles. The normalized spacial score (nSPS) is 10.4. The molecule has 0 spiro atoms. The van der Waals surface area contributed by atoms with E-state index in [9.17, 15) is 0 Å². The van der Waals surface area contributed by atoms with Crippen LogP contribution < -0.4 is 10.5 Å². The minimum absolute atomic E-state index is 0.426. The second-order valence-corrected chi connectivity index (χ2v) is 4.19. The van der Waals surface area contributed by atoms with Crippen LogP contribution in [-0.2, 0) is 0 Å². The van der Waals surface area contributed by atoms with Crippen LogP contribution in [0.2, 0.25) is 0 Å². The number of hydrogen-bond acceptors (Lipinski definition) is 5. The predicted octanol–water partition coefficient (Wildman–Crippen LogP) is 1.92. The van der Waals surface area contributed by atoms with E-state index in [1.165, 1.54) is 0 Å². The Morgan fingerprint density at radius 2 is 2.00 bits per heavy atom. The van der Waals surface area contributed by atoms with E-state index in [0.717, 1.165) is 11.1 Å². The van der Waals surface area contributed by atoms with Gasteiger partial charge in [-0.25, -0.2) is 14.6 Å². The van der Waals surface area contributed by atoms with Crippen LogP contribution >= 0.6 is 0 Å². The van der Waals surface area contributed by atoms with Crippen molar-refractivity contribution >= 4 is 5.69 Å². The predicted molar refractivity (Wildman–Crippen MR) is 75.6 cm³/mol. The highest BCUT2D eigenvalue weighted by Crippen LogP contribution is 2.23. The summed E-state index contributed by atoms with van der Waals surface area (Å²) in [5.74, 6) is 0.972. The van der Waals surface area contributed by atoms with Crippen LogP contribution in [0, 0.1) is 0 Å². The van der Waals surface area contributed by atoms with Gasteiger partial charge in [0.05, 0.1) is 13.3 Å². The van der Waals surface area contributed by atoms with Gasteiger partial charge < -0.3 is 10.5 Å². The lowest BCUT2D eigenvalue weighted by Crippen LogP contribution is -2.02.